The quantitative estimate of drug-likeness (QED) is 0.212. The Bertz CT molecular complexity index is 1040. The van der Waals surface area contributed by atoms with E-state index in [4.69, 9.17) is 5.11 Å². The molecule has 0 heterocycles. The molecule has 0 saturated heterocycles. The molecule has 4 aromatic carbocycles. The smallest absolute Gasteiger partial charge is 0.116 e. The second-order valence-corrected chi connectivity index (χ2v) is 12.7. The van der Waals surface area contributed by atoms with Crippen LogP contribution in [0.5, 0.6) is 0 Å². The Kier molecular flexibility index (Phi) is 11.2. The number of unbranched alkanes of at least 4 members (excludes halogenated alkanes) is 3. The largest absolute Gasteiger partial charge is 1.00 e. The van der Waals surface area contributed by atoms with Gasteiger partial charge in [-0.05, 0) is 66.9 Å². The number of halogens is 1. The van der Waals surface area contributed by atoms with Crippen LogP contribution in [0.4, 0.5) is 5.69 Å². The fourth-order valence-electron chi connectivity index (χ4n) is 4.84. The molecule has 4 rings (SSSR count). The number of benzene rings is 4. The normalized spacial score (nSPS) is 11.1. The lowest BCUT2D eigenvalue weighted by molar-refractivity contribution is -0.00000808. The van der Waals surface area contributed by atoms with Gasteiger partial charge in [-0.2, -0.15) is 0 Å². The van der Waals surface area contributed by atoms with E-state index in [9.17, 15) is 0 Å². The number of aliphatic hydroxyl groups is 1. The Morgan fingerprint density at radius 3 is 1.47 bits per heavy atom. The minimum absolute atomic E-state index is 0. The molecule has 0 bridgehead atoms. The average Bonchev–Trinajstić information content (AvgIpc) is 2.93. The summed E-state index contributed by atoms with van der Waals surface area (Å²) >= 11 is 0. The highest BCUT2D eigenvalue weighted by Gasteiger charge is 2.45. The highest BCUT2D eigenvalue weighted by molar-refractivity contribution is 7.95. The van der Waals surface area contributed by atoms with Crippen LogP contribution in [-0.2, 0) is 6.16 Å². The minimum atomic E-state index is -1.88. The van der Waals surface area contributed by atoms with Crippen LogP contribution in [0.1, 0.15) is 31.2 Å². The van der Waals surface area contributed by atoms with E-state index in [0.717, 1.165) is 32.0 Å². The van der Waals surface area contributed by atoms with Crippen molar-refractivity contribution in [2.45, 2.75) is 31.8 Å². The zero-order valence-electron chi connectivity index (χ0n) is 21.1. The van der Waals surface area contributed by atoms with Crippen LogP contribution in [0.25, 0.3) is 0 Å². The van der Waals surface area contributed by atoms with Crippen molar-refractivity contribution in [1.29, 1.82) is 0 Å². The molecule has 0 spiro atoms. The molecule has 188 valence electrons. The molecule has 1 N–H and O–H groups in total. The lowest BCUT2D eigenvalue weighted by atomic mass is 10.2. The van der Waals surface area contributed by atoms with Crippen molar-refractivity contribution in [2.24, 2.45) is 0 Å². The zero-order chi connectivity index (χ0) is 24.3. The van der Waals surface area contributed by atoms with Gasteiger partial charge in [0.25, 0.3) is 0 Å². The molecule has 0 amide bonds. The van der Waals surface area contributed by atoms with Crippen LogP contribution >= 0.6 is 7.26 Å². The first-order valence-corrected chi connectivity index (χ1v) is 14.7. The maximum absolute atomic E-state index is 8.97. The molecule has 2 nitrogen and oxygen atoms in total. The highest BCUT2D eigenvalue weighted by Crippen LogP contribution is 2.58. The number of nitrogens with zero attached hydrogens (tertiary/aromatic N) is 1. The van der Waals surface area contributed by atoms with E-state index in [-0.39, 0.29) is 17.0 Å². The SMILES string of the molecule is CN(CCCCCCO)c1ccc(C[P+](c2ccccc2)(c2ccccc2)c2ccccc2)cc1.[Br-]. The summed E-state index contributed by atoms with van der Waals surface area (Å²) in [5, 5.41) is 13.2. The minimum Gasteiger partial charge on any atom is -1.00 e. The van der Waals surface area contributed by atoms with E-state index in [1.54, 1.807) is 0 Å². The molecule has 0 aromatic heterocycles. The Balaban J connectivity index is 0.00000361. The van der Waals surface area contributed by atoms with Crippen molar-refractivity contribution in [3.05, 3.63) is 121 Å². The fourth-order valence-corrected chi connectivity index (χ4v) is 9.09. The van der Waals surface area contributed by atoms with Gasteiger partial charge in [0.15, 0.2) is 0 Å². The molecule has 0 aliphatic heterocycles. The average molecular weight is 563 g/mol. The van der Waals surface area contributed by atoms with E-state index >= 15 is 0 Å². The van der Waals surface area contributed by atoms with Crippen LogP contribution in [0.3, 0.4) is 0 Å². The number of anilines is 1. The van der Waals surface area contributed by atoms with Crippen molar-refractivity contribution in [2.75, 3.05) is 25.1 Å². The van der Waals surface area contributed by atoms with Crippen molar-refractivity contribution in [3.63, 3.8) is 0 Å². The second kappa shape index (κ2) is 14.3. The molecule has 0 atom stereocenters. The lowest BCUT2D eigenvalue weighted by Crippen LogP contribution is -3.00. The molecule has 0 unspecified atom stereocenters. The van der Waals surface area contributed by atoms with E-state index in [1.807, 2.05) is 0 Å². The van der Waals surface area contributed by atoms with Gasteiger partial charge in [-0.3, -0.25) is 0 Å². The Morgan fingerprint density at radius 2 is 1.03 bits per heavy atom. The number of hydrogen-bond donors (Lipinski definition) is 1. The molecule has 36 heavy (non-hydrogen) atoms. The number of hydrogen-bond acceptors (Lipinski definition) is 2. The van der Waals surface area contributed by atoms with Gasteiger partial charge in [0, 0.05) is 25.9 Å². The van der Waals surface area contributed by atoms with Gasteiger partial charge in [0.2, 0.25) is 0 Å². The van der Waals surface area contributed by atoms with E-state index in [1.165, 1.54) is 33.6 Å². The summed E-state index contributed by atoms with van der Waals surface area (Å²) in [6, 6.07) is 42.5. The van der Waals surface area contributed by atoms with Gasteiger partial charge >= 0.3 is 0 Å². The van der Waals surface area contributed by atoms with E-state index in [0.29, 0.717) is 6.61 Å². The molecule has 0 saturated carbocycles. The Hall–Kier alpha value is -2.45. The summed E-state index contributed by atoms with van der Waals surface area (Å²) in [6.45, 7) is 1.34. The van der Waals surface area contributed by atoms with E-state index in [2.05, 4.69) is 127 Å². The van der Waals surface area contributed by atoms with Crippen LogP contribution in [0.2, 0.25) is 0 Å². The molecule has 0 aliphatic carbocycles. The maximum Gasteiger partial charge on any atom is 0.116 e. The van der Waals surface area contributed by atoms with Gasteiger partial charge in [-0.15, -0.1) is 0 Å². The van der Waals surface area contributed by atoms with Gasteiger partial charge in [-0.25, -0.2) is 0 Å². The van der Waals surface area contributed by atoms with Crippen molar-refractivity contribution >= 4 is 28.9 Å². The number of rotatable bonds is 12. The van der Waals surface area contributed by atoms with Crippen LogP contribution in [-0.4, -0.2) is 25.3 Å². The third-order valence-electron chi connectivity index (χ3n) is 6.79. The molecule has 0 fully saturated rings. The molecule has 4 aromatic rings. The third-order valence-corrected chi connectivity index (χ3v) is 11.2. The Morgan fingerprint density at radius 1 is 0.583 bits per heavy atom. The van der Waals surface area contributed by atoms with Crippen molar-refractivity contribution in [3.8, 4) is 0 Å². The summed E-state index contributed by atoms with van der Waals surface area (Å²) < 4.78 is 0. The summed E-state index contributed by atoms with van der Waals surface area (Å²) in [5.74, 6) is 0. The van der Waals surface area contributed by atoms with Crippen molar-refractivity contribution < 1.29 is 22.1 Å². The first kappa shape index (κ1) is 28.1. The molecular formula is C32H37BrNOP. The Labute approximate surface area is 228 Å². The third kappa shape index (κ3) is 6.85. The summed E-state index contributed by atoms with van der Waals surface area (Å²) in [7, 11) is 0.300. The molecular weight excluding hydrogens is 525 g/mol. The van der Waals surface area contributed by atoms with Crippen LogP contribution in [0.15, 0.2) is 115 Å². The molecule has 0 radical (unpaired) electrons. The maximum atomic E-state index is 8.97. The van der Waals surface area contributed by atoms with Gasteiger partial charge in [0.05, 0.1) is 6.16 Å². The van der Waals surface area contributed by atoms with Crippen molar-refractivity contribution in [1.82, 2.24) is 0 Å². The highest BCUT2D eigenvalue weighted by atomic mass is 79.9. The summed E-state index contributed by atoms with van der Waals surface area (Å²) in [4.78, 5) is 2.34. The monoisotopic (exact) mass is 561 g/mol. The number of aliphatic hydroxyl groups excluding tert-OH is 1. The first-order valence-electron chi connectivity index (χ1n) is 12.7. The standard InChI is InChI=1S/C32H37NOP.BrH/c1-33(25-13-2-3-14-26-34)29-23-21-28(22-24-29)27-35(30-15-7-4-8-16-30,31-17-9-5-10-18-31)32-19-11-6-12-20-32;/h4-12,15-24,34H,2-3,13-14,25-27H2,1H3;1H/q+1;/p-1. The summed E-state index contributed by atoms with van der Waals surface area (Å²) in [5.41, 5.74) is 2.63. The topological polar surface area (TPSA) is 23.5 Å². The van der Waals surface area contributed by atoms with Gasteiger partial charge in [-0.1, -0.05) is 79.6 Å². The van der Waals surface area contributed by atoms with Gasteiger partial charge in [0.1, 0.15) is 23.2 Å². The fraction of sp³-hybridized carbons (Fsp3) is 0.250. The first-order chi connectivity index (χ1) is 17.2. The summed E-state index contributed by atoms with van der Waals surface area (Å²) in [6.07, 6.45) is 5.33. The van der Waals surface area contributed by atoms with Crippen LogP contribution < -0.4 is 37.8 Å². The lowest BCUT2D eigenvalue weighted by Gasteiger charge is -2.28. The van der Waals surface area contributed by atoms with Gasteiger partial charge < -0.3 is 27.0 Å². The predicted octanol–water partition coefficient (Wildman–Crippen LogP) is 3.17. The molecule has 4 heteroatoms. The molecule has 0 aliphatic rings. The van der Waals surface area contributed by atoms with E-state index < -0.39 is 7.26 Å². The predicted molar refractivity (Wildman–Crippen MR) is 154 cm³/mol. The second-order valence-electron chi connectivity index (χ2n) is 9.20. The van der Waals surface area contributed by atoms with Crippen LogP contribution in [0, 0.1) is 0 Å². The zero-order valence-corrected chi connectivity index (χ0v) is 23.6.